The van der Waals surface area contributed by atoms with E-state index in [1.165, 1.54) is 11.3 Å². The van der Waals surface area contributed by atoms with Gasteiger partial charge in [-0.25, -0.2) is 4.98 Å². The number of Topliss-reactive ketones (excluding diaryl/α,β-unsaturated/α-hetero) is 1. The van der Waals surface area contributed by atoms with Gasteiger partial charge in [0.2, 0.25) is 5.91 Å². The van der Waals surface area contributed by atoms with Crippen LogP contribution in [0.25, 0.3) is 11.3 Å². The number of carbonyl (C=O) groups excluding carboxylic acids is 2. The molecule has 0 bridgehead atoms. The maximum Gasteiger partial charge on any atom is 0.220 e. The number of nitrogens with one attached hydrogen (secondary N) is 1. The Morgan fingerprint density at radius 2 is 1.83 bits per heavy atom. The lowest BCUT2D eigenvalue weighted by Gasteiger charge is -2.18. The average Bonchev–Trinajstić information content (AvgIpc) is 3.25. The van der Waals surface area contributed by atoms with Crippen LogP contribution in [-0.2, 0) is 11.3 Å². The third-order valence-corrected chi connectivity index (χ3v) is 5.26. The van der Waals surface area contributed by atoms with Gasteiger partial charge in [-0.2, -0.15) is 0 Å². The monoisotopic (exact) mass is 409 g/mol. The minimum absolute atomic E-state index is 0.105. The predicted octanol–water partition coefficient (Wildman–Crippen LogP) is 3.26. The number of nitrogens with zero attached hydrogens (tertiary/aromatic N) is 2. The van der Waals surface area contributed by atoms with Crippen LogP contribution in [0, 0.1) is 0 Å². The summed E-state index contributed by atoms with van der Waals surface area (Å²) in [5.74, 6) is 0.920. The molecular weight excluding hydrogens is 390 g/mol. The molecule has 3 heterocycles. The first kappa shape index (κ1) is 19.1. The molecule has 0 fully saturated rings. The van der Waals surface area contributed by atoms with Gasteiger partial charge in [0.15, 0.2) is 17.3 Å². The van der Waals surface area contributed by atoms with Crippen LogP contribution in [0.5, 0.6) is 11.5 Å². The molecule has 0 saturated carbocycles. The number of thiazole rings is 1. The van der Waals surface area contributed by atoms with Gasteiger partial charge in [0.05, 0.1) is 12.2 Å². The van der Waals surface area contributed by atoms with E-state index in [9.17, 15) is 9.59 Å². The van der Waals surface area contributed by atoms with Crippen molar-refractivity contribution < 1.29 is 19.1 Å². The molecule has 1 N–H and O–H groups in total. The first-order valence-corrected chi connectivity index (χ1v) is 10.1. The van der Waals surface area contributed by atoms with Gasteiger partial charge in [-0.3, -0.25) is 14.6 Å². The number of hydrogen-bond acceptors (Lipinski definition) is 7. The van der Waals surface area contributed by atoms with E-state index >= 15 is 0 Å². The molecule has 1 aliphatic heterocycles. The van der Waals surface area contributed by atoms with Crippen molar-refractivity contribution in [2.24, 2.45) is 0 Å². The number of ether oxygens (including phenoxy) is 2. The van der Waals surface area contributed by atoms with Crippen molar-refractivity contribution >= 4 is 23.0 Å². The summed E-state index contributed by atoms with van der Waals surface area (Å²) in [6, 6.07) is 8.88. The number of benzene rings is 1. The van der Waals surface area contributed by atoms with E-state index in [2.05, 4.69) is 15.3 Å². The van der Waals surface area contributed by atoms with Crippen LogP contribution in [0.4, 0.5) is 0 Å². The molecule has 0 aliphatic carbocycles. The van der Waals surface area contributed by atoms with E-state index in [1.54, 1.807) is 30.6 Å². The molecule has 8 heteroatoms. The van der Waals surface area contributed by atoms with Gasteiger partial charge in [0.1, 0.15) is 18.2 Å². The Morgan fingerprint density at radius 3 is 2.66 bits per heavy atom. The number of fused-ring (bicyclic) bond motifs is 1. The highest BCUT2D eigenvalue weighted by Gasteiger charge is 2.16. The van der Waals surface area contributed by atoms with Gasteiger partial charge in [0.25, 0.3) is 0 Å². The predicted molar refractivity (Wildman–Crippen MR) is 108 cm³/mol. The quantitative estimate of drug-likeness (QED) is 0.603. The van der Waals surface area contributed by atoms with Gasteiger partial charge in [-0.1, -0.05) is 0 Å². The molecule has 29 heavy (non-hydrogen) atoms. The van der Waals surface area contributed by atoms with Crippen molar-refractivity contribution in [3.8, 4) is 22.8 Å². The zero-order valence-corrected chi connectivity index (χ0v) is 16.4. The van der Waals surface area contributed by atoms with Crippen LogP contribution in [0.15, 0.2) is 48.1 Å². The van der Waals surface area contributed by atoms with E-state index < -0.39 is 0 Å². The van der Waals surface area contributed by atoms with E-state index in [-0.39, 0.29) is 24.5 Å². The number of pyridine rings is 1. The van der Waals surface area contributed by atoms with Crippen LogP contribution >= 0.6 is 11.3 Å². The largest absolute Gasteiger partial charge is 0.486 e. The zero-order valence-electron chi connectivity index (χ0n) is 15.6. The second-order valence-corrected chi connectivity index (χ2v) is 7.36. The maximum atomic E-state index is 12.4. The van der Waals surface area contributed by atoms with Crippen molar-refractivity contribution in [1.29, 1.82) is 0 Å². The summed E-state index contributed by atoms with van der Waals surface area (Å²) in [6.07, 6.45) is 3.69. The Kier molecular flexibility index (Phi) is 5.81. The molecule has 0 spiro atoms. The van der Waals surface area contributed by atoms with Crippen molar-refractivity contribution in [1.82, 2.24) is 15.3 Å². The first-order chi connectivity index (χ1) is 14.2. The first-order valence-electron chi connectivity index (χ1n) is 9.23. The van der Waals surface area contributed by atoms with Crippen molar-refractivity contribution in [2.75, 3.05) is 13.2 Å². The Hall–Kier alpha value is -3.26. The summed E-state index contributed by atoms with van der Waals surface area (Å²) in [5, 5.41) is 5.58. The van der Waals surface area contributed by atoms with Crippen LogP contribution in [0.2, 0.25) is 0 Å². The summed E-state index contributed by atoms with van der Waals surface area (Å²) in [4.78, 5) is 33.0. The van der Waals surface area contributed by atoms with Crippen LogP contribution < -0.4 is 14.8 Å². The third kappa shape index (κ3) is 4.78. The van der Waals surface area contributed by atoms with Crippen LogP contribution in [0.1, 0.15) is 28.2 Å². The van der Waals surface area contributed by atoms with Crippen LogP contribution in [0.3, 0.4) is 0 Å². The lowest BCUT2D eigenvalue weighted by Crippen LogP contribution is -2.23. The van der Waals surface area contributed by atoms with Crippen LogP contribution in [-0.4, -0.2) is 34.9 Å². The van der Waals surface area contributed by atoms with E-state index in [4.69, 9.17) is 9.47 Å². The van der Waals surface area contributed by atoms with Gasteiger partial charge in [-0.15, -0.1) is 11.3 Å². The number of carbonyl (C=O) groups is 2. The summed E-state index contributed by atoms with van der Waals surface area (Å²) in [5.41, 5.74) is 2.36. The van der Waals surface area contributed by atoms with E-state index in [0.29, 0.717) is 36.8 Å². The highest BCUT2D eigenvalue weighted by atomic mass is 32.1. The lowest BCUT2D eigenvalue weighted by atomic mass is 10.1. The van der Waals surface area contributed by atoms with E-state index in [0.717, 1.165) is 16.3 Å². The summed E-state index contributed by atoms with van der Waals surface area (Å²) in [6.45, 7) is 1.31. The lowest BCUT2D eigenvalue weighted by molar-refractivity contribution is -0.121. The number of hydrogen-bond donors (Lipinski definition) is 1. The molecule has 148 valence electrons. The Balaban J connectivity index is 1.26. The molecule has 1 amide bonds. The van der Waals surface area contributed by atoms with Crippen molar-refractivity contribution in [2.45, 2.75) is 19.4 Å². The molecule has 0 radical (unpaired) electrons. The summed E-state index contributed by atoms with van der Waals surface area (Å²) < 4.78 is 10.9. The molecule has 2 aromatic heterocycles. The molecule has 1 aliphatic rings. The SMILES string of the molecule is O=C(CCC(=O)c1ccc2c(c1)OCCO2)NCc1nc(-c2ccncc2)cs1. The average molecular weight is 409 g/mol. The summed E-state index contributed by atoms with van der Waals surface area (Å²) >= 11 is 1.48. The van der Waals surface area contributed by atoms with Gasteiger partial charge in [-0.05, 0) is 30.3 Å². The zero-order chi connectivity index (χ0) is 20.1. The van der Waals surface area contributed by atoms with Crippen molar-refractivity contribution in [3.05, 3.63) is 58.7 Å². The Labute approximate surface area is 171 Å². The number of rotatable bonds is 7. The fraction of sp³-hybridized carbons (Fsp3) is 0.238. The molecular formula is C21H19N3O4S. The number of amides is 1. The number of ketones is 1. The molecule has 0 atom stereocenters. The second-order valence-electron chi connectivity index (χ2n) is 6.42. The Bertz CT molecular complexity index is 1020. The molecule has 7 nitrogen and oxygen atoms in total. The molecule has 4 rings (SSSR count). The van der Waals surface area contributed by atoms with Gasteiger partial charge >= 0.3 is 0 Å². The van der Waals surface area contributed by atoms with E-state index in [1.807, 2.05) is 17.5 Å². The minimum atomic E-state index is -0.184. The fourth-order valence-corrected chi connectivity index (χ4v) is 3.64. The van der Waals surface area contributed by atoms with Gasteiger partial charge in [0, 0.05) is 41.7 Å². The summed E-state index contributed by atoms with van der Waals surface area (Å²) in [7, 11) is 0. The van der Waals surface area contributed by atoms with Crippen molar-refractivity contribution in [3.63, 3.8) is 0 Å². The minimum Gasteiger partial charge on any atom is -0.486 e. The standard InChI is InChI=1S/C21H19N3O4S/c25-17(15-1-3-18-19(11-15)28-10-9-27-18)2-4-20(26)23-12-21-24-16(13-29-21)14-5-7-22-8-6-14/h1,3,5-8,11,13H,2,4,9-10,12H2,(H,23,26). The second kappa shape index (κ2) is 8.83. The third-order valence-electron chi connectivity index (χ3n) is 4.41. The smallest absolute Gasteiger partial charge is 0.220 e. The molecule has 3 aromatic rings. The number of aromatic nitrogens is 2. The topological polar surface area (TPSA) is 90.4 Å². The molecule has 1 aromatic carbocycles. The Morgan fingerprint density at radius 1 is 1.03 bits per heavy atom. The maximum absolute atomic E-state index is 12.4. The fourth-order valence-electron chi connectivity index (χ4n) is 2.90. The van der Waals surface area contributed by atoms with Gasteiger partial charge < -0.3 is 14.8 Å². The molecule has 0 unspecified atom stereocenters. The molecule has 0 saturated heterocycles. The highest BCUT2D eigenvalue weighted by Crippen LogP contribution is 2.31. The normalized spacial score (nSPS) is 12.4. The highest BCUT2D eigenvalue weighted by molar-refractivity contribution is 7.09.